The van der Waals surface area contributed by atoms with E-state index in [4.69, 9.17) is 4.99 Å². The highest BCUT2D eigenvalue weighted by Crippen LogP contribution is 2.16. The summed E-state index contributed by atoms with van der Waals surface area (Å²) in [5, 5.41) is 0. The Hall–Kier alpha value is -2.19. The molecule has 0 amide bonds. The van der Waals surface area contributed by atoms with E-state index in [2.05, 4.69) is 95.7 Å². The van der Waals surface area contributed by atoms with Gasteiger partial charge in [0.15, 0.2) is 0 Å². The molecule has 0 bridgehead atoms. The average molecular weight is 378 g/mol. The molecule has 0 spiro atoms. The molecule has 120 valence electrons. The number of halogens is 1. The molecule has 0 saturated heterocycles. The Morgan fingerprint density at radius 3 is 1.79 bits per heavy atom. The van der Waals surface area contributed by atoms with Crippen LogP contribution in [0.15, 0.2) is 94.4 Å². The first kappa shape index (κ1) is 16.7. The quantitative estimate of drug-likeness (QED) is 0.489. The fraction of sp³-hybridized carbons (Fsp3) is 0.136. The Kier molecular flexibility index (Phi) is 5.60. The van der Waals surface area contributed by atoms with Gasteiger partial charge in [-0.2, -0.15) is 0 Å². The van der Waals surface area contributed by atoms with Gasteiger partial charge in [0.05, 0.1) is 11.8 Å². The maximum Gasteiger partial charge on any atom is 0.0722 e. The summed E-state index contributed by atoms with van der Waals surface area (Å²) < 4.78 is 1.11. The van der Waals surface area contributed by atoms with E-state index in [1.165, 1.54) is 5.56 Å². The van der Waals surface area contributed by atoms with Gasteiger partial charge < -0.3 is 0 Å². The predicted octanol–water partition coefficient (Wildman–Crippen LogP) is 5.92. The van der Waals surface area contributed by atoms with E-state index in [0.29, 0.717) is 0 Å². The largest absolute Gasteiger partial charge is 0.281 e. The first-order valence-electron chi connectivity index (χ1n) is 8.15. The monoisotopic (exact) mass is 377 g/mol. The Morgan fingerprint density at radius 1 is 0.792 bits per heavy atom. The lowest BCUT2D eigenvalue weighted by atomic mass is 10.0. The minimum Gasteiger partial charge on any atom is -0.281 e. The highest BCUT2D eigenvalue weighted by atomic mass is 79.9. The molecule has 0 saturated carbocycles. The van der Waals surface area contributed by atoms with Crippen LogP contribution in [0.3, 0.4) is 0 Å². The second-order valence-electron chi connectivity index (χ2n) is 5.89. The SMILES string of the molecule is CC(Cc1ccc(Br)cc1)N=C(c1ccccc1)c1ccccc1. The summed E-state index contributed by atoms with van der Waals surface area (Å²) in [6.07, 6.45) is 0.927. The fourth-order valence-corrected chi connectivity index (χ4v) is 3.00. The van der Waals surface area contributed by atoms with Crippen LogP contribution < -0.4 is 0 Å². The Bertz CT molecular complexity index is 751. The second kappa shape index (κ2) is 8.07. The van der Waals surface area contributed by atoms with E-state index in [9.17, 15) is 0 Å². The molecular formula is C22H20BrN. The molecule has 3 rings (SSSR count). The number of rotatable bonds is 5. The molecule has 0 aliphatic heterocycles. The number of benzene rings is 3. The molecule has 0 aliphatic rings. The van der Waals surface area contributed by atoms with Gasteiger partial charge in [0.2, 0.25) is 0 Å². The van der Waals surface area contributed by atoms with Crippen molar-refractivity contribution in [3.63, 3.8) is 0 Å². The first-order valence-corrected chi connectivity index (χ1v) is 8.95. The molecule has 1 nitrogen and oxygen atoms in total. The second-order valence-corrected chi connectivity index (χ2v) is 6.81. The van der Waals surface area contributed by atoms with E-state index in [-0.39, 0.29) is 6.04 Å². The number of aliphatic imine (C=N–C) groups is 1. The number of nitrogens with zero attached hydrogens (tertiary/aromatic N) is 1. The van der Waals surface area contributed by atoms with Gasteiger partial charge in [-0.05, 0) is 31.0 Å². The van der Waals surface area contributed by atoms with Crippen molar-refractivity contribution in [2.24, 2.45) is 4.99 Å². The van der Waals surface area contributed by atoms with Crippen LogP contribution in [0.5, 0.6) is 0 Å². The molecule has 1 unspecified atom stereocenters. The molecule has 0 heterocycles. The zero-order chi connectivity index (χ0) is 16.8. The number of hydrogen-bond acceptors (Lipinski definition) is 1. The third-order valence-corrected chi connectivity index (χ3v) is 4.42. The zero-order valence-electron chi connectivity index (χ0n) is 13.7. The van der Waals surface area contributed by atoms with Crippen LogP contribution >= 0.6 is 15.9 Å². The van der Waals surface area contributed by atoms with Crippen LogP contribution in [0, 0.1) is 0 Å². The molecule has 0 radical (unpaired) electrons. The molecule has 2 heteroatoms. The molecule has 0 aliphatic carbocycles. The van der Waals surface area contributed by atoms with Gasteiger partial charge in [-0.3, -0.25) is 4.99 Å². The third kappa shape index (κ3) is 4.42. The lowest BCUT2D eigenvalue weighted by Crippen LogP contribution is -2.11. The van der Waals surface area contributed by atoms with Crippen LogP contribution in [0.1, 0.15) is 23.6 Å². The van der Waals surface area contributed by atoms with Crippen molar-refractivity contribution in [1.29, 1.82) is 0 Å². The van der Waals surface area contributed by atoms with Crippen molar-refractivity contribution in [2.75, 3.05) is 0 Å². The van der Waals surface area contributed by atoms with Crippen molar-refractivity contribution < 1.29 is 0 Å². The summed E-state index contributed by atoms with van der Waals surface area (Å²) in [4.78, 5) is 5.04. The summed E-state index contributed by atoms with van der Waals surface area (Å²) in [5.41, 5.74) is 4.67. The molecular weight excluding hydrogens is 358 g/mol. The summed E-state index contributed by atoms with van der Waals surface area (Å²) in [6, 6.07) is 29.5. The molecule has 1 atom stereocenters. The van der Waals surface area contributed by atoms with E-state index in [1.807, 2.05) is 12.1 Å². The minimum atomic E-state index is 0.210. The van der Waals surface area contributed by atoms with Crippen LogP contribution in [0.4, 0.5) is 0 Å². The van der Waals surface area contributed by atoms with Crippen molar-refractivity contribution in [1.82, 2.24) is 0 Å². The number of hydrogen-bond donors (Lipinski definition) is 0. The minimum absolute atomic E-state index is 0.210. The first-order chi connectivity index (χ1) is 11.7. The Balaban J connectivity index is 1.90. The van der Waals surface area contributed by atoms with Crippen LogP contribution in [0.25, 0.3) is 0 Å². The van der Waals surface area contributed by atoms with Crippen LogP contribution in [-0.2, 0) is 6.42 Å². The highest BCUT2D eigenvalue weighted by Gasteiger charge is 2.09. The Labute approximate surface area is 152 Å². The lowest BCUT2D eigenvalue weighted by Gasteiger charge is -2.12. The standard InChI is InChI=1S/C22H20BrN/c1-17(16-18-12-14-21(23)15-13-18)24-22(19-8-4-2-5-9-19)20-10-6-3-7-11-20/h2-15,17H,16H2,1H3. The van der Waals surface area contributed by atoms with Crippen molar-refractivity contribution in [3.8, 4) is 0 Å². The molecule has 3 aromatic rings. The topological polar surface area (TPSA) is 12.4 Å². The van der Waals surface area contributed by atoms with Crippen LogP contribution in [0.2, 0.25) is 0 Å². The average Bonchev–Trinajstić information content (AvgIpc) is 2.63. The van der Waals surface area contributed by atoms with Crippen molar-refractivity contribution >= 4 is 21.6 Å². The molecule has 0 N–H and O–H groups in total. The smallest absolute Gasteiger partial charge is 0.0722 e. The van der Waals surface area contributed by atoms with E-state index in [0.717, 1.165) is 27.7 Å². The lowest BCUT2D eigenvalue weighted by molar-refractivity contribution is 0.741. The van der Waals surface area contributed by atoms with Gasteiger partial charge in [0.25, 0.3) is 0 Å². The van der Waals surface area contributed by atoms with Gasteiger partial charge in [0.1, 0.15) is 0 Å². The molecule has 0 fully saturated rings. The van der Waals surface area contributed by atoms with Gasteiger partial charge >= 0.3 is 0 Å². The zero-order valence-corrected chi connectivity index (χ0v) is 15.3. The van der Waals surface area contributed by atoms with Crippen molar-refractivity contribution in [3.05, 3.63) is 106 Å². The Morgan fingerprint density at radius 2 is 1.29 bits per heavy atom. The molecule has 24 heavy (non-hydrogen) atoms. The van der Waals surface area contributed by atoms with Crippen LogP contribution in [-0.4, -0.2) is 11.8 Å². The predicted molar refractivity (Wildman–Crippen MR) is 106 cm³/mol. The van der Waals surface area contributed by atoms with Gasteiger partial charge in [-0.25, -0.2) is 0 Å². The summed E-state index contributed by atoms with van der Waals surface area (Å²) in [5.74, 6) is 0. The van der Waals surface area contributed by atoms with Gasteiger partial charge in [-0.1, -0.05) is 88.7 Å². The maximum atomic E-state index is 5.04. The van der Waals surface area contributed by atoms with Gasteiger partial charge in [-0.15, -0.1) is 0 Å². The summed E-state index contributed by atoms with van der Waals surface area (Å²) in [6.45, 7) is 2.17. The maximum absolute atomic E-state index is 5.04. The molecule has 3 aromatic carbocycles. The van der Waals surface area contributed by atoms with Gasteiger partial charge in [0, 0.05) is 15.6 Å². The molecule has 0 aromatic heterocycles. The third-order valence-electron chi connectivity index (χ3n) is 3.89. The van der Waals surface area contributed by atoms with E-state index >= 15 is 0 Å². The van der Waals surface area contributed by atoms with E-state index < -0.39 is 0 Å². The fourth-order valence-electron chi connectivity index (χ4n) is 2.74. The van der Waals surface area contributed by atoms with E-state index in [1.54, 1.807) is 0 Å². The van der Waals surface area contributed by atoms with Crippen molar-refractivity contribution in [2.45, 2.75) is 19.4 Å². The summed E-state index contributed by atoms with van der Waals surface area (Å²) in [7, 11) is 0. The highest BCUT2D eigenvalue weighted by molar-refractivity contribution is 9.10. The summed E-state index contributed by atoms with van der Waals surface area (Å²) >= 11 is 3.49. The normalized spacial score (nSPS) is 11.8.